The highest BCUT2D eigenvalue weighted by atomic mass is 79.9. The maximum atomic E-state index is 3.69. The van der Waals surface area contributed by atoms with E-state index in [2.05, 4.69) is 69.9 Å². The van der Waals surface area contributed by atoms with Crippen molar-refractivity contribution < 1.29 is 0 Å². The van der Waals surface area contributed by atoms with E-state index in [0.717, 1.165) is 11.4 Å². The maximum absolute atomic E-state index is 3.69. The van der Waals surface area contributed by atoms with E-state index in [9.17, 15) is 0 Å². The van der Waals surface area contributed by atoms with Crippen LogP contribution in [0.4, 0.5) is 0 Å². The zero-order valence-corrected chi connectivity index (χ0v) is 14.3. The highest BCUT2D eigenvalue weighted by molar-refractivity contribution is 9.09. The van der Waals surface area contributed by atoms with Crippen molar-refractivity contribution in [1.82, 2.24) is 9.80 Å². The van der Waals surface area contributed by atoms with E-state index < -0.39 is 0 Å². The summed E-state index contributed by atoms with van der Waals surface area (Å²) in [4.78, 5) is 5.24. The third-order valence-corrected chi connectivity index (χ3v) is 5.29. The minimum Gasteiger partial charge on any atom is -0.301 e. The molecule has 1 fully saturated rings. The predicted molar refractivity (Wildman–Crippen MR) is 90.7 cm³/mol. The third kappa shape index (κ3) is 4.06. The summed E-state index contributed by atoms with van der Waals surface area (Å²) < 4.78 is 0. The Hall–Kier alpha value is -0.380. The lowest BCUT2D eigenvalue weighted by Crippen LogP contribution is -2.38. The van der Waals surface area contributed by atoms with E-state index in [0.29, 0.717) is 5.92 Å². The van der Waals surface area contributed by atoms with Crippen molar-refractivity contribution in [1.29, 1.82) is 0 Å². The summed E-state index contributed by atoms with van der Waals surface area (Å²) in [5.41, 5.74) is 1.45. The first-order valence-electron chi connectivity index (χ1n) is 7.85. The number of likely N-dealkylation sites (N-methyl/N-ethyl adjacent to an activating group) is 1. The van der Waals surface area contributed by atoms with Crippen LogP contribution in [0.25, 0.3) is 0 Å². The van der Waals surface area contributed by atoms with Gasteiger partial charge in [-0.2, -0.15) is 0 Å². The van der Waals surface area contributed by atoms with Crippen LogP contribution in [0.1, 0.15) is 31.7 Å². The van der Waals surface area contributed by atoms with Crippen LogP contribution in [0.5, 0.6) is 0 Å². The van der Waals surface area contributed by atoms with E-state index in [1.165, 1.54) is 44.7 Å². The lowest BCUT2D eigenvalue weighted by molar-refractivity contribution is 0.209. The third-order valence-electron chi connectivity index (χ3n) is 4.51. The first-order valence-corrected chi connectivity index (χ1v) is 8.97. The number of likely N-dealkylation sites (tertiary alicyclic amines) is 1. The predicted octanol–water partition coefficient (Wildman–Crippen LogP) is 3.58. The Balaban J connectivity index is 1.90. The SMILES string of the molecule is CCN(CC)C1CCN(CC(CBr)c2ccccc2)C1. The van der Waals surface area contributed by atoms with Gasteiger partial charge in [-0.05, 0) is 31.6 Å². The van der Waals surface area contributed by atoms with Crippen molar-refractivity contribution in [3.63, 3.8) is 0 Å². The van der Waals surface area contributed by atoms with Crippen LogP contribution >= 0.6 is 15.9 Å². The molecular weight excluding hydrogens is 312 g/mol. The van der Waals surface area contributed by atoms with Crippen molar-refractivity contribution in [3.05, 3.63) is 35.9 Å². The molecule has 20 heavy (non-hydrogen) atoms. The summed E-state index contributed by atoms with van der Waals surface area (Å²) in [6, 6.07) is 11.7. The van der Waals surface area contributed by atoms with Gasteiger partial charge >= 0.3 is 0 Å². The van der Waals surface area contributed by atoms with Crippen LogP contribution in [0, 0.1) is 0 Å². The van der Waals surface area contributed by atoms with Gasteiger partial charge in [-0.25, -0.2) is 0 Å². The number of hydrogen-bond acceptors (Lipinski definition) is 2. The van der Waals surface area contributed by atoms with Gasteiger partial charge in [0.1, 0.15) is 0 Å². The van der Waals surface area contributed by atoms with Gasteiger partial charge < -0.3 is 4.90 Å². The summed E-state index contributed by atoms with van der Waals surface area (Å²) in [5, 5.41) is 1.05. The molecule has 1 aliphatic rings. The molecule has 2 atom stereocenters. The lowest BCUT2D eigenvalue weighted by atomic mass is 10.0. The molecule has 0 radical (unpaired) electrons. The lowest BCUT2D eigenvalue weighted by Gasteiger charge is -2.27. The van der Waals surface area contributed by atoms with Crippen LogP contribution in [-0.2, 0) is 0 Å². The van der Waals surface area contributed by atoms with Gasteiger partial charge in [0.25, 0.3) is 0 Å². The summed E-state index contributed by atoms with van der Waals surface area (Å²) in [7, 11) is 0. The fraction of sp³-hybridized carbons (Fsp3) is 0.647. The van der Waals surface area contributed by atoms with Crippen molar-refractivity contribution in [2.24, 2.45) is 0 Å². The second kappa shape index (κ2) is 8.16. The quantitative estimate of drug-likeness (QED) is 0.701. The zero-order valence-electron chi connectivity index (χ0n) is 12.8. The Kier molecular flexibility index (Phi) is 6.53. The Morgan fingerprint density at radius 1 is 1.25 bits per heavy atom. The fourth-order valence-electron chi connectivity index (χ4n) is 3.30. The van der Waals surface area contributed by atoms with E-state index in [4.69, 9.17) is 0 Å². The first-order chi connectivity index (χ1) is 9.78. The van der Waals surface area contributed by atoms with Gasteiger partial charge in [-0.1, -0.05) is 60.1 Å². The Bertz CT molecular complexity index is 378. The summed E-state index contributed by atoms with van der Waals surface area (Å²) in [6.07, 6.45) is 1.32. The minimum atomic E-state index is 0.603. The standard InChI is InChI=1S/C17H27BrN2/c1-3-20(4-2)17-10-11-19(14-17)13-16(12-18)15-8-6-5-7-9-15/h5-9,16-17H,3-4,10-14H2,1-2H3. The molecule has 1 saturated heterocycles. The van der Waals surface area contributed by atoms with Crippen molar-refractivity contribution in [2.75, 3.05) is 38.1 Å². The van der Waals surface area contributed by atoms with Gasteiger partial charge in [0, 0.05) is 30.4 Å². The Morgan fingerprint density at radius 3 is 2.55 bits per heavy atom. The van der Waals surface area contributed by atoms with Gasteiger partial charge in [-0.3, -0.25) is 4.90 Å². The van der Waals surface area contributed by atoms with Crippen molar-refractivity contribution in [2.45, 2.75) is 32.2 Å². The Morgan fingerprint density at radius 2 is 1.95 bits per heavy atom. The van der Waals surface area contributed by atoms with Gasteiger partial charge in [0.05, 0.1) is 0 Å². The molecule has 2 nitrogen and oxygen atoms in total. The molecule has 0 spiro atoms. The van der Waals surface area contributed by atoms with E-state index in [1.807, 2.05) is 0 Å². The Labute approximate surface area is 132 Å². The van der Waals surface area contributed by atoms with Crippen molar-refractivity contribution in [3.8, 4) is 0 Å². The van der Waals surface area contributed by atoms with Crippen LogP contribution in [0.15, 0.2) is 30.3 Å². The molecule has 1 aromatic rings. The molecule has 0 N–H and O–H groups in total. The molecule has 1 aromatic carbocycles. The van der Waals surface area contributed by atoms with Crippen molar-refractivity contribution >= 4 is 15.9 Å². The molecule has 112 valence electrons. The van der Waals surface area contributed by atoms with Gasteiger partial charge in [0.2, 0.25) is 0 Å². The number of nitrogens with zero attached hydrogens (tertiary/aromatic N) is 2. The normalized spacial score (nSPS) is 21.5. The number of benzene rings is 1. The molecular formula is C17H27BrN2. The van der Waals surface area contributed by atoms with Crippen LogP contribution < -0.4 is 0 Å². The van der Waals surface area contributed by atoms with Gasteiger partial charge in [0.15, 0.2) is 0 Å². The molecule has 2 unspecified atom stereocenters. The smallest absolute Gasteiger partial charge is 0.0235 e. The molecule has 1 aliphatic heterocycles. The van der Waals surface area contributed by atoms with E-state index in [1.54, 1.807) is 0 Å². The molecule has 0 saturated carbocycles. The van der Waals surface area contributed by atoms with Gasteiger partial charge in [-0.15, -0.1) is 0 Å². The largest absolute Gasteiger partial charge is 0.301 e. The highest BCUT2D eigenvalue weighted by Gasteiger charge is 2.27. The molecule has 3 heteroatoms. The summed E-state index contributed by atoms with van der Waals surface area (Å²) >= 11 is 3.69. The molecule has 0 amide bonds. The molecule has 0 aromatic heterocycles. The fourth-order valence-corrected chi connectivity index (χ4v) is 3.87. The van der Waals surface area contributed by atoms with E-state index in [-0.39, 0.29) is 0 Å². The van der Waals surface area contributed by atoms with E-state index >= 15 is 0 Å². The topological polar surface area (TPSA) is 6.48 Å². The number of halogens is 1. The summed E-state index contributed by atoms with van der Waals surface area (Å²) in [5.74, 6) is 0.603. The monoisotopic (exact) mass is 338 g/mol. The summed E-state index contributed by atoms with van der Waals surface area (Å²) in [6.45, 7) is 10.6. The first kappa shape index (κ1) is 16.0. The number of hydrogen-bond donors (Lipinski definition) is 0. The molecule has 2 rings (SSSR count). The maximum Gasteiger partial charge on any atom is 0.0235 e. The number of alkyl halides is 1. The van der Waals surface area contributed by atoms with Crippen LogP contribution in [0.2, 0.25) is 0 Å². The second-order valence-electron chi connectivity index (χ2n) is 5.69. The average molecular weight is 339 g/mol. The molecule has 0 bridgehead atoms. The van der Waals surface area contributed by atoms with Crippen LogP contribution in [0.3, 0.4) is 0 Å². The minimum absolute atomic E-state index is 0.603. The molecule has 0 aliphatic carbocycles. The zero-order chi connectivity index (χ0) is 14.4. The highest BCUT2D eigenvalue weighted by Crippen LogP contribution is 2.23. The molecule has 1 heterocycles. The van der Waals surface area contributed by atoms with Crippen LogP contribution in [-0.4, -0.2) is 53.9 Å². The number of rotatable bonds is 7. The average Bonchev–Trinajstić information content (AvgIpc) is 2.95. The second-order valence-corrected chi connectivity index (χ2v) is 6.33.